The molecule has 29 heavy (non-hydrogen) atoms. The molecule has 0 saturated heterocycles. The highest BCUT2D eigenvalue weighted by Gasteiger charge is 2.17. The van der Waals surface area contributed by atoms with Gasteiger partial charge in [0, 0.05) is 17.9 Å². The van der Waals surface area contributed by atoms with Crippen LogP contribution in [0.3, 0.4) is 0 Å². The monoisotopic (exact) mass is 388 g/mol. The van der Waals surface area contributed by atoms with Crippen molar-refractivity contribution < 1.29 is 4.74 Å². The van der Waals surface area contributed by atoms with Gasteiger partial charge in [-0.3, -0.25) is 0 Å². The Hall–Kier alpha value is -3.08. The van der Waals surface area contributed by atoms with Crippen molar-refractivity contribution in [3.63, 3.8) is 0 Å². The number of fused-ring (bicyclic) bond motifs is 3. The molecule has 3 N–H and O–H groups in total. The molecule has 0 aliphatic carbocycles. The second-order valence-corrected chi connectivity index (χ2v) is 8.00. The third kappa shape index (κ3) is 4.04. The molecule has 0 saturated carbocycles. The maximum Gasteiger partial charge on any atom is 0.152 e. The first-order valence-electron chi connectivity index (χ1n) is 10.3. The van der Waals surface area contributed by atoms with E-state index in [9.17, 15) is 0 Å². The summed E-state index contributed by atoms with van der Waals surface area (Å²) in [4.78, 5) is 12.9. The number of anilines is 1. The van der Waals surface area contributed by atoms with Crippen LogP contribution >= 0.6 is 0 Å². The summed E-state index contributed by atoms with van der Waals surface area (Å²) in [6.45, 7) is 7.12. The van der Waals surface area contributed by atoms with E-state index in [2.05, 4.69) is 48.9 Å². The van der Waals surface area contributed by atoms with Gasteiger partial charge in [0.25, 0.3) is 0 Å². The van der Waals surface area contributed by atoms with E-state index in [0.717, 1.165) is 58.3 Å². The first-order valence-corrected chi connectivity index (χ1v) is 10.3. The number of pyridine rings is 1. The van der Waals surface area contributed by atoms with Crippen LogP contribution in [0.4, 0.5) is 5.82 Å². The van der Waals surface area contributed by atoms with Crippen molar-refractivity contribution in [2.45, 2.75) is 46.6 Å². The second kappa shape index (κ2) is 8.11. The third-order valence-corrected chi connectivity index (χ3v) is 5.02. The molecular formula is C24H28N4O. The zero-order valence-electron chi connectivity index (χ0n) is 17.3. The first kappa shape index (κ1) is 19.2. The van der Waals surface area contributed by atoms with Gasteiger partial charge in [-0.05, 0) is 36.0 Å². The van der Waals surface area contributed by atoms with Gasteiger partial charge in [0.05, 0.1) is 11.0 Å². The normalized spacial score (nSPS) is 11.6. The van der Waals surface area contributed by atoms with Crippen molar-refractivity contribution in [1.29, 1.82) is 0 Å². The number of aromatic amines is 1. The Labute approximate surface area is 171 Å². The van der Waals surface area contributed by atoms with Gasteiger partial charge in [0.2, 0.25) is 0 Å². The Morgan fingerprint density at radius 1 is 1.10 bits per heavy atom. The molecule has 0 aliphatic rings. The Morgan fingerprint density at radius 2 is 1.90 bits per heavy atom. The molecule has 5 nitrogen and oxygen atoms in total. The number of hydrogen-bond donors (Lipinski definition) is 2. The lowest BCUT2D eigenvalue weighted by Gasteiger charge is -2.14. The fourth-order valence-corrected chi connectivity index (χ4v) is 3.79. The van der Waals surface area contributed by atoms with Gasteiger partial charge in [-0.15, -0.1) is 0 Å². The van der Waals surface area contributed by atoms with Crippen molar-refractivity contribution in [2.75, 3.05) is 5.73 Å². The van der Waals surface area contributed by atoms with Crippen LogP contribution in [0.2, 0.25) is 0 Å². The van der Waals surface area contributed by atoms with Crippen molar-refractivity contribution in [3.8, 4) is 5.75 Å². The van der Waals surface area contributed by atoms with Gasteiger partial charge in [0.15, 0.2) is 5.82 Å². The summed E-state index contributed by atoms with van der Waals surface area (Å²) in [6, 6.07) is 14.3. The highest BCUT2D eigenvalue weighted by molar-refractivity contribution is 6.08. The number of imidazole rings is 1. The maximum absolute atomic E-state index is 6.26. The Bertz CT molecular complexity index is 1130. The molecule has 2 heterocycles. The van der Waals surface area contributed by atoms with E-state index in [4.69, 9.17) is 15.5 Å². The number of nitrogens with two attached hydrogens (primary N) is 1. The average molecular weight is 389 g/mol. The minimum absolute atomic E-state index is 0.460. The van der Waals surface area contributed by atoms with E-state index in [1.54, 1.807) is 0 Å². The van der Waals surface area contributed by atoms with Gasteiger partial charge in [-0.25, -0.2) is 9.97 Å². The van der Waals surface area contributed by atoms with Crippen LogP contribution in [0.5, 0.6) is 5.75 Å². The Balaban J connectivity index is 1.82. The first-order chi connectivity index (χ1) is 14.0. The van der Waals surface area contributed by atoms with Crippen molar-refractivity contribution >= 4 is 27.8 Å². The minimum Gasteiger partial charge on any atom is -0.489 e. The van der Waals surface area contributed by atoms with E-state index in [1.807, 2.05) is 24.3 Å². The molecule has 0 fully saturated rings. The van der Waals surface area contributed by atoms with Gasteiger partial charge in [-0.1, -0.05) is 51.1 Å². The van der Waals surface area contributed by atoms with Crippen LogP contribution in [-0.2, 0) is 19.4 Å². The van der Waals surface area contributed by atoms with Crippen LogP contribution in [0.25, 0.3) is 21.9 Å². The third-order valence-electron chi connectivity index (χ3n) is 5.02. The van der Waals surface area contributed by atoms with Crippen molar-refractivity contribution in [1.82, 2.24) is 15.0 Å². The highest BCUT2D eigenvalue weighted by Crippen LogP contribution is 2.33. The number of rotatable bonds is 7. The summed E-state index contributed by atoms with van der Waals surface area (Å²) in [5.74, 6) is 2.75. The number of nitrogen functional groups attached to an aromatic ring is 1. The summed E-state index contributed by atoms with van der Waals surface area (Å²) in [5.41, 5.74) is 11.2. The zero-order valence-corrected chi connectivity index (χ0v) is 17.3. The lowest BCUT2D eigenvalue weighted by molar-refractivity contribution is 0.306. The lowest BCUT2D eigenvalue weighted by Crippen LogP contribution is -2.01. The number of H-pyrrole nitrogens is 1. The molecule has 0 spiro atoms. The smallest absolute Gasteiger partial charge is 0.152 e. The highest BCUT2D eigenvalue weighted by atomic mass is 16.5. The summed E-state index contributed by atoms with van der Waals surface area (Å²) in [7, 11) is 0. The fourth-order valence-electron chi connectivity index (χ4n) is 3.79. The predicted octanol–water partition coefficient (Wildman–Crippen LogP) is 5.42. The molecule has 0 bridgehead atoms. The number of nitrogens with one attached hydrogen (secondary N) is 1. The molecule has 5 heteroatoms. The number of ether oxygens (including phenoxy) is 1. The number of nitrogens with zero attached hydrogens (tertiary/aromatic N) is 2. The van der Waals surface area contributed by atoms with E-state index in [1.165, 1.54) is 5.56 Å². The Morgan fingerprint density at radius 3 is 2.62 bits per heavy atom. The molecule has 0 atom stereocenters. The largest absolute Gasteiger partial charge is 0.489 e. The molecule has 2 aromatic heterocycles. The van der Waals surface area contributed by atoms with Crippen molar-refractivity contribution in [2.24, 2.45) is 5.92 Å². The van der Waals surface area contributed by atoms with Gasteiger partial charge in [-0.2, -0.15) is 0 Å². The van der Waals surface area contributed by atoms with Crippen molar-refractivity contribution in [3.05, 3.63) is 59.4 Å². The molecule has 0 radical (unpaired) electrons. The summed E-state index contributed by atoms with van der Waals surface area (Å²) >= 11 is 0. The molecule has 4 aromatic rings. The van der Waals surface area contributed by atoms with E-state index < -0.39 is 0 Å². The quantitative estimate of drug-likeness (QED) is 0.443. The molecule has 4 rings (SSSR count). The zero-order chi connectivity index (χ0) is 20.4. The van der Waals surface area contributed by atoms with Crippen LogP contribution in [-0.4, -0.2) is 15.0 Å². The average Bonchev–Trinajstić information content (AvgIpc) is 3.11. The van der Waals surface area contributed by atoms with Crippen LogP contribution in [0, 0.1) is 5.92 Å². The Kier molecular flexibility index (Phi) is 5.38. The SMILES string of the molecule is CCCc1nc2c(N)nc3cc(OCc4ccccc4)cc(CC(C)C)c3c2[nH]1. The van der Waals surface area contributed by atoms with Crippen LogP contribution in [0.15, 0.2) is 42.5 Å². The van der Waals surface area contributed by atoms with Crippen LogP contribution in [0.1, 0.15) is 44.1 Å². The fraction of sp³-hybridized carbons (Fsp3) is 0.333. The summed E-state index contributed by atoms with van der Waals surface area (Å²) in [5, 5.41) is 1.10. The molecule has 0 aliphatic heterocycles. The molecule has 2 aromatic carbocycles. The topological polar surface area (TPSA) is 76.8 Å². The number of benzene rings is 2. The van der Waals surface area contributed by atoms with Gasteiger partial charge >= 0.3 is 0 Å². The number of aromatic nitrogens is 3. The maximum atomic E-state index is 6.26. The van der Waals surface area contributed by atoms with Gasteiger partial charge in [0.1, 0.15) is 23.7 Å². The van der Waals surface area contributed by atoms with E-state index in [-0.39, 0.29) is 0 Å². The molecule has 150 valence electrons. The second-order valence-electron chi connectivity index (χ2n) is 8.00. The summed E-state index contributed by atoms with van der Waals surface area (Å²) in [6.07, 6.45) is 2.86. The standard InChI is InChI=1S/C24H28N4O/c1-4-8-20-27-22-21-17(11-15(2)3)12-18(29-14-16-9-6-5-7-10-16)13-19(21)26-24(25)23(22)28-20/h5-7,9-10,12-13,15H,4,8,11,14H2,1-3H3,(H2,25,26)(H,27,28). The van der Waals surface area contributed by atoms with Gasteiger partial charge < -0.3 is 15.5 Å². The predicted molar refractivity (Wildman–Crippen MR) is 119 cm³/mol. The van der Waals surface area contributed by atoms with Crippen LogP contribution < -0.4 is 10.5 Å². The molecule has 0 amide bonds. The molecular weight excluding hydrogens is 360 g/mol. The molecule has 0 unspecified atom stereocenters. The minimum atomic E-state index is 0.460. The van der Waals surface area contributed by atoms with E-state index >= 15 is 0 Å². The lowest BCUT2D eigenvalue weighted by atomic mass is 9.97. The number of aryl methyl sites for hydroxylation is 1. The number of hydrogen-bond acceptors (Lipinski definition) is 4. The summed E-state index contributed by atoms with van der Waals surface area (Å²) < 4.78 is 6.11. The van der Waals surface area contributed by atoms with E-state index in [0.29, 0.717) is 18.3 Å².